The minimum atomic E-state index is -0.0919. The van der Waals surface area contributed by atoms with E-state index in [0.717, 1.165) is 55.8 Å². The standard InChI is InChI=1S/C61H42N2O/c1-61(2)54-25-10-5-20-46(54)47-33-31-42(36-55(47)61)41-18-15-19-43(35-41)62(44-32-30-39-16-3-4-17-40(39)34-44)45-37-52(60-53(38-45)51-24-9-14-29-59(51)64-60)50-23-8-13-28-58(50)63-56-26-11-6-21-48(56)49-22-7-12-27-57(49)63/h3-38H,1-2H3. The van der Waals surface area contributed by atoms with Gasteiger partial charge in [-0.05, 0) is 111 Å². The molecular formula is C61H42N2O. The van der Waals surface area contributed by atoms with Crippen LogP contribution in [0.15, 0.2) is 223 Å². The summed E-state index contributed by atoms with van der Waals surface area (Å²) < 4.78 is 9.33. The minimum absolute atomic E-state index is 0.0919. The van der Waals surface area contributed by atoms with E-state index in [1.165, 1.54) is 66.0 Å². The molecule has 10 aromatic carbocycles. The summed E-state index contributed by atoms with van der Waals surface area (Å²) in [6, 6.07) is 79.7. The van der Waals surface area contributed by atoms with Gasteiger partial charge in [0.25, 0.3) is 0 Å². The van der Waals surface area contributed by atoms with E-state index in [1.54, 1.807) is 0 Å². The molecule has 2 aromatic heterocycles. The number of aromatic nitrogens is 1. The molecule has 13 rings (SSSR count). The fourth-order valence-corrected chi connectivity index (χ4v) is 10.7. The van der Waals surface area contributed by atoms with Gasteiger partial charge in [-0.1, -0.05) is 166 Å². The molecule has 1 aliphatic carbocycles. The lowest BCUT2D eigenvalue weighted by atomic mass is 9.81. The number of anilines is 3. The van der Waals surface area contributed by atoms with Gasteiger partial charge in [0.2, 0.25) is 0 Å². The smallest absolute Gasteiger partial charge is 0.143 e. The van der Waals surface area contributed by atoms with E-state index in [1.807, 2.05) is 0 Å². The van der Waals surface area contributed by atoms with Crippen LogP contribution in [0.1, 0.15) is 25.0 Å². The van der Waals surface area contributed by atoms with Crippen molar-refractivity contribution >= 4 is 71.6 Å². The third-order valence-corrected chi connectivity index (χ3v) is 13.7. The van der Waals surface area contributed by atoms with Gasteiger partial charge in [0.05, 0.1) is 16.7 Å². The Balaban J connectivity index is 1.05. The second-order valence-corrected chi connectivity index (χ2v) is 17.7. The Bertz CT molecular complexity index is 3790. The predicted octanol–water partition coefficient (Wildman–Crippen LogP) is 16.9. The van der Waals surface area contributed by atoms with Crippen molar-refractivity contribution in [3.05, 3.63) is 230 Å². The summed E-state index contributed by atoms with van der Waals surface area (Å²) in [5, 5.41) is 7.02. The number of para-hydroxylation sites is 4. The van der Waals surface area contributed by atoms with Gasteiger partial charge >= 0.3 is 0 Å². The van der Waals surface area contributed by atoms with Crippen LogP contribution in [0.5, 0.6) is 0 Å². The summed E-state index contributed by atoms with van der Waals surface area (Å²) in [7, 11) is 0. The Morgan fingerprint density at radius 2 is 1.03 bits per heavy atom. The van der Waals surface area contributed by atoms with Crippen LogP contribution in [0, 0.1) is 0 Å². The zero-order valence-electron chi connectivity index (χ0n) is 35.6. The highest BCUT2D eigenvalue weighted by Crippen LogP contribution is 2.51. The second-order valence-electron chi connectivity index (χ2n) is 17.7. The maximum absolute atomic E-state index is 6.91. The number of hydrogen-bond donors (Lipinski definition) is 0. The average Bonchev–Trinajstić information content (AvgIpc) is 3.97. The first-order chi connectivity index (χ1) is 31.5. The van der Waals surface area contributed by atoms with Crippen molar-refractivity contribution in [2.24, 2.45) is 0 Å². The molecule has 64 heavy (non-hydrogen) atoms. The molecule has 1 aliphatic rings. The van der Waals surface area contributed by atoms with E-state index in [9.17, 15) is 0 Å². The Morgan fingerprint density at radius 1 is 0.391 bits per heavy atom. The van der Waals surface area contributed by atoms with Crippen molar-refractivity contribution in [1.29, 1.82) is 0 Å². The van der Waals surface area contributed by atoms with Gasteiger partial charge in [-0.2, -0.15) is 0 Å². The highest BCUT2D eigenvalue weighted by atomic mass is 16.3. The maximum Gasteiger partial charge on any atom is 0.143 e. The maximum atomic E-state index is 6.91. The molecule has 0 aliphatic heterocycles. The summed E-state index contributed by atoms with van der Waals surface area (Å²) in [6.45, 7) is 4.71. The van der Waals surface area contributed by atoms with Crippen molar-refractivity contribution in [3.8, 4) is 39.1 Å². The number of furan rings is 1. The van der Waals surface area contributed by atoms with Gasteiger partial charge in [0.15, 0.2) is 0 Å². The minimum Gasteiger partial charge on any atom is -0.455 e. The van der Waals surface area contributed by atoms with Crippen LogP contribution >= 0.6 is 0 Å². The summed E-state index contributed by atoms with van der Waals surface area (Å²) in [4.78, 5) is 2.43. The highest BCUT2D eigenvalue weighted by molar-refractivity contribution is 6.14. The summed E-state index contributed by atoms with van der Waals surface area (Å²) in [5.74, 6) is 0. The zero-order chi connectivity index (χ0) is 42.5. The molecule has 0 atom stereocenters. The van der Waals surface area contributed by atoms with Gasteiger partial charge in [-0.3, -0.25) is 0 Å². The molecule has 12 aromatic rings. The fraction of sp³-hybridized carbons (Fsp3) is 0.0492. The number of hydrogen-bond acceptors (Lipinski definition) is 2. The molecule has 0 saturated carbocycles. The van der Waals surface area contributed by atoms with Crippen molar-refractivity contribution in [2.75, 3.05) is 4.90 Å². The summed E-state index contributed by atoms with van der Waals surface area (Å²) in [6.07, 6.45) is 0. The lowest BCUT2D eigenvalue weighted by Crippen LogP contribution is -2.14. The molecular weight excluding hydrogens is 777 g/mol. The summed E-state index contributed by atoms with van der Waals surface area (Å²) in [5.41, 5.74) is 18.2. The normalized spacial score (nSPS) is 13.0. The molecule has 3 nitrogen and oxygen atoms in total. The molecule has 0 saturated heterocycles. The first kappa shape index (κ1) is 36.5. The van der Waals surface area contributed by atoms with E-state index in [4.69, 9.17) is 4.42 Å². The Hall–Kier alpha value is -8.14. The van der Waals surface area contributed by atoms with Crippen molar-refractivity contribution in [2.45, 2.75) is 19.3 Å². The Morgan fingerprint density at radius 3 is 1.86 bits per heavy atom. The SMILES string of the molecule is CC1(C)c2ccccc2-c2ccc(-c3cccc(N(c4ccc5ccccc5c4)c4cc(-c5ccccc5-n5c6ccccc6c6ccccc65)c5oc6ccccc6c5c4)c3)cc21. The van der Waals surface area contributed by atoms with Crippen LogP contribution in [0.25, 0.3) is 93.6 Å². The monoisotopic (exact) mass is 818 g/mol. The van der Waals surface area contributed by atoms with E-state index < -0.39 is 0 Å². The lowest BCUT2D eigenvalue weighted by Gasteiger charge is -2.27. The van der Waals surface area contributed by atoms with Gasteiger partial charge in [0, 0.05) is 55.1 Å². The highest BCUT2D eigenvalue weighted by Gasteiger charge is 2.35. The third-order valence-electron chi connectivity index (χ3n) is 13.7. The second kappa shape index (κ2) is 13.9. The number of benzene rings is 10. The van der Waals surface area contributed by atoms with Gasteiger partial charge in [0.1, 0.15) is 11.2 Å². The van der Waals surface area contributed by atoms with Crippen LogP contribution in [-0.4, -0.2) is 4.57 Å². The van der Waals surface area contributed by atoms with E-state index in [-0.39, 0.29) is 5.41 Å². The largest absolute Gasteiger partial charge is 0.455 e. The first-order valence-corrected chi connectivity index (χ1v) is 22.2. The molecule has 0 bridgehead atoms. The average molecular weight is 819 g/mol. The summed E-state index contributed by atoms with van der Waals surface area (Å²) >= 11 is 0. The third kappa shape index (κ3) is 5.47. The van der Waals surface area contributed by atoms with Gasteiger partial charge < -0.3 is 13.9 Å². The Labute approximate surface area is 371 Å². The van der Waals surface area contributed by atoms with Crippen LogP contribution in [0.3, 0.4) is 0 Å². The fourth-order valence-electron chi connectivity index (χ4n) is 10.7. The van der Waals surface area contributed by atoms with E-state index in [2.05, 4.69) is 242 Å². The molecule has 0 spiro atoms. The van der Waals surface area contributed by atoms with Crippen LogP contribution in [-0.2, 0) is 5.41 Å². The molecule has 0 amide bonds. The van der Waals surface area contributed by atoms with Crippen molar-refractivity contribution in [3.63, 3.8) is 0 Å². The van der Waals surface area contributed by atoms with E-state index in [0.29, 0.717) is 0 Å². The predicted molar refractivity (Wildman–Crippen MR) is 269 cm³/mol. The molecule has 3 heteroatoms. The van der Waals surface area contributed by atoms with Crippen molar-refractivity contribution in [1.82, 2.24) is 4.57 Å². The molecule has 0 unspecified atom stereocenters. The number of nitrogens with zero attached hydrogens (tertiary/aromatic N) is 2. The number of fused-ring (bicyclic) bond motifs is 10. The number of rotatable bonds is 6. The van der Waals surface area contributed by atoms with Crippen LogP contribution < -0.4 is 4.90 Å². The molecule has 0 radical (unpaired) electrons. The van der Waals surface area contributed by atoms with Crippen LogP contribution in [0.4, 0.5) is 17.1 Å². The van der Waals surface area contributed by atoms with Gasteiger partial charge in [-0.15, -0.1) is 0 Å². The zero-order valence-corrected chi connectivity index (χ0v) is 35.6. The lowest BCUT2D eigenvalue weighted by molar-refractivity contribution is 0.660. The quantitative estimate of drug-likeness (QED) is 0.167. The molecule has 2 heterocycles. The van der Waals surface area contributed by atoms with Crippen molar-refractivity contribution < 1.29 is 4.42 Å². The van der Waals surface area contributed by atoms with Crippen LogP contribution in [0.2, 0.25) is 0 Å². The topological polar surface area (TPSA) is 21.3 Å². The molecule has 302 valence electrons. The first-order valence-electron chi connectivity index (χ1n) is 22.2. The Kier molecular flexibility index (Phi) is 7.95. The molecule has 0 fully saturated rings. The molecule has 0 N–H and O–H groups in total. The van der Waals surface area contributed by atoms with E-state index >= 15 is 0 Å². The van der Waals surface area contributed by atoms with Gasteiger partial charge in [-0.25, -0.2) is 0 Å².